The van der Waals surface area contributed by atoms with Crippen LogP contribution in [0.15, 0.2) is 60.8 Å². The summed E-state index contributed by atoms with van der Waals surface area (Å²) in [4.78, 5) is 35.2. The lowest BCUT2D eigenvalue weighted by atomic mass is 10.0. The highest BCUT2D eigenvalue weighted by Crippen LogP contribution is 2.32. The maximum Gasteiger partial charge on any atom is 0.323 e. The van der Waals surface area contributed by atoms with Gasteiger partial charge in [-0.2, -0.15) is 0 Å². The number of aryl methyl sites for hydroxylation is 1. The zero-order chi connectivity index (χ0) is 30.9. The van der Waals surface area contributed by atoms with E-state index >= 15 is 0 Å². The van der Waals surface area contributed by atoms with Gasteiger partial charge in [-0.05, 0) is 60.7 Å². The maximum atomic E-state index is 12.7. The molecular weight excluding hydrogens is 593 g/mol. The highest BCUT2D eigenvalue weighted by atomic mass is 35.5. The number of unbranched alkanes of at least 4 members (excludes halogenated alkanes) is 1. The Morgan fingerprint density at radius 1 is 0.884 bits per heavy atom. The summed E-state index contributed by atoms with van der Waals surface area (Å²) in [6, 6.07) is 16.4. The third-order valence-electron chi connectivity index (χ3n) is 6.68. The molecule has 8 nitrogen and oxygen atoms in total. The molecule has 0 fully saturated rings. The molecule has 0 unspecified atom stereocenters. The van der Waals surface area contributed by atoms with E-state index in [0.717, 1.165) is 35.3 Å². The van der Waals surface area contributed by atoms with Crippen LogP contribution in [-0.4, -0.2) is 45.7 Å². The van der Waals surface area contributed by atoms with Crippen molar-refractivity contribution in [2.75, 3.05) is 13.2 Å². The number of aliphatic carboxylic acids is 2. The Morgan fingerprint density at radius 2 is 1.60 bits per heavy atom. The number of fused-ring (bicyclic) bond motifs is 1. The summed E-state index contributed by atoms with van der Waals surface area (Å²) in [5.74, 6) is -1.09. The van der Waals surface area contributed by atoms with Crippen molar-refractivity contribution in [1.29, 1.82) is 0 Å². The average molecular weight is 625 g/mol. The Kier molecular flexibility index (Phi) is 10.9. The fourth-order valence-electron chi connectivity index (χ4n) is 4.67. The van der Waals surface area contributed by atoms with E-state index in [-0.39, 0.29) is 25.2 Å². The van der Waals surface area contributed by atoms with E-state index in [0.29, 0.717) is 45.5 Å². The summed E-state index contributed by atoms with van der Waals surface area (Å²) in [6.45, 7) is 2.61. The molecule has 1 aromatic heterocycles. The number of halogens is 2. The summed E-state index contributed by atoms with van der Waals surface area (Å²) in [5, 5.41) is 20.0. The first-order chi connectivity index (χ1) is 20.6. The third-order valence-corrected chi connectivity index (χ3v) is 7.18. The molecule has 0 saturated heterocycles. The number of carboxylic acids is 2. The van der Waals surface area contributed by atoms with Crippen LogP contribution < -0.4 is 9.47 Å². The van der Waals surface area contributed by atoms with E-state index in [1.807, 2.05) is 55.5 Å². The molecular formula is C33H31Cl2NO7. The monoisotopic (exact) mass is 623 g/mol. The number of Topliss-reactive ketones (excluding diaryl/α,β-unsaturated/α-hetero) is 1. The normalized spacial score (nSPS) is 11.2. The topological polar surface area (TPSA) is 115 Å². The van der Waals surface area contributed by atoms with Crippen LogP contribution in [0.25, 0.3) is 23.1 Å². The number of hydrogen-bond donors (Lipinski definition) is 2. The molecule has 0 aliphatic rings. The summed E-state index contributed by atoms with van der Waals surface area (Å²) >= 11 is 12.2. The van der Waals surface area contributed by atoms with E-state index < -0.39 is 11.9 Å². The van der Waals surface area contributed by atoms with Crippen molar-refractivity contribution in [2.24, 2.45) is 0 Å². The number of nitrogens with zero attached hydrogens (tertiary/aromatic N) is 1. The Hall–Kier alpha value is -4.27. The van der Waals surface area contributed by atoms with Gasteiger partial charge in [0.05, 0.1) is 30.2 Å². The molecule has 0 aliphatic heterocycles. The van der Waals surface area contributed by atoms with Crippen molar-refractivity contribution < 1.29 is 34.1 Å². The van der Waals surface area contributed by atoms with Gasteiger partial charge in [0, 0.05) is 28.6 Å². The first-order valence-corrected chi connectivity index (χ1v) is 14.5. The van der Waals surface area contributed by atoms with Crippen LogP contribution in [0.1, 0.15) is 52.7 Å². The van der Waals surface area contributed by atoms with Gasteiger partial charge in [-0.1, -0.05) is 65.7 Å². The molecule has 0 spiro atoms. The van der Waals surface area contributed by atoms with Crippen LogP contribution >= 0.6 is 23.2 Å². The lowest BCUT2D eigenvalue weighted by molar-refractivity contribution is -0.138. The number of carboxylic acid groups (broad SMARTS) is 2. The largest absolute Gasteiger partial charge is 0.494 e. The van der Waals surface area contributed by atoms with Crippen LogP contribution in [0.5, 0.6) is 11.5 Å². The van der Waals surface area contributed by atoms with Crippen LogP contribution in [0, 0.1) is 6.92 Å². The molecule has 0 bridgehead atoms. The summed E-state index contributed by atoms with van der Waals surface area (Å²) < 4.78 is 13.2. The molecule has 3 aromatic carbocycles. The van der Waals surface area contributed by atoms with Gasteiger partial charge in [0.1, 0.15) is 18.0 Å². The van der Waals surface area contributed by atoms with E-state index in [9.17, 15) is 19.5 Å². The smallest absolute Gasteiger partial charge is 0.323 e. The predicted octanol–water partition coefficient (Wildman–Crippen LogP) is 7.80. The summed E-state index contributed by atoms with van der Waals surface area (Å²) in [6.07, 6.45) is 6.38. The lowest BCUT2D eigenvalue weighted by Gasteiger charge is -2.11. The van der Waals surface area contributed by atoms with Gasteiger partial charge in [0.2, 0.25) is 0 Å². The summed E-state index contributed by atoms with van der Waals surface area (Å²) in [5.41, 5.74) is 3.43. The second-order valence-electron chi connectivity index (χ2n) is 9.96. The standard InChI is InChI=1S/C33H31Cl2NO7/c1-21-17-24(34)18-28(35)33(21)43-16-3-2-15-42-25-11-8-22(9-12-25)7-10-23-5-4-6-26-27(29(37)13-14-30(38)39)19-36(32(23)26)20-31(40)41/h4-12,17-19H,2-3,13-16,20H2,1H3,(H,38,39)(H,40,41)/b10-7+. The SMILES string of the molecule is Cc1cc(Cl)cc(Cl)c1OCCCCOc1ccc(/C=C/c2cccc3c(C(=O)CCC(=O)O)cn(CC(=O)O)c23)cc1. The van der Waals surface area contributed by atoms with Gasteiger partial charge in [-0.25, -0.2) is 0 Å². The van der Waals surface area contributed by atoms with Crippen molar-refractivity contribution in [3.05, 3.63) is 93.1 Å². The zero-order valence-corrected chi connectivity index (χ0v) is 25.0. The maximum absolute atomic E-state index is 12.7. The van der Waals surface area contributed by atoms with Gasteiger partial charge in [0.15, 0.2) is 5.78 Å². The van der Waals surface area contributed by atoms with Crippen molar-refractivity contribution in [1.82, 2.24) is 4.57 Å². The van der Waals surface area contributed by atoms with E-state index in [2.05, 4.69) is 0 Å². The first-order valence-electron chi connectivity index (χ1n) is 13.7. The molecule has 43 heavy (non-hydrogen) atoms. The van der Waals surface area contributed by atoms with Gasteiger partial charge in [-0.15, -0.1) is 0 Å². The molecule has 4 aromatic rings. The number of rotatable bonds is 15. The Bertz CT molecular complexity index is 1640. The minimum absolute atomic E-state index is 0.165. The molecule has 1 heterocycles. The van der Waals surface area contributed by atoms with Gasteiger partial charge in [-0.3, -0.25) is 14.4 Å². The highest BCUT2D eigenvalue weighted by molar-refractivity contribution is 6.35. The van der Waals surface area contributed by atoms with E-state index in [1.54, 1.807) is 18.2 Å². The van der Waals surface area contributed by atoms with Crippen LogP contribution in [0.3, 0.4) is 0 Å². The molecule has 0 radical (unpaired) electrons. The quantitative estimate of drug-likeness (QED) is 0.0788. The van der Waals surface area contributed by atoms with Crippen LogP contribution in [0.4, 0.5) is 0 Å². The van der Waals surface area contributed by atoms with Crippen molar-refractivity contribution in [3.63, 3.8) is 0 Å². The molecule has 2 N–H and O–H groups in total. The molecule has 0 aliphatic carbocycles. The number of aromatic nitrogens is 1. The number of para-hydroxylation sites is 1. The fourth-order valence-corrected chi connectivity index (χ4v) is 5.32. The Morgan fingerprint density at radius 3 is 2.28 bits per heavy atom. The van der Waals surface area contributed by atoms with E-state index in [4.69, 9.17) is 37.8 Å². The minimum Gasteiger partial charge on any atom is -0.494 e. The molecule has 224 valence electrons. The van der Waals surface area contributed by atoms with Crippen LogP contribution in [-0.2, 0) is 16.1 Å². The zero-order valence-electron chi connectivity index (χ0n) is 23.5. The minimum atomic E-state index is -1.07. The van der Waals surface area contributed by atoms with Gasteiger partial charge >= 0.3 is 11.9 Å². The first kappa shape index (κ1) is 31.7. The molecule has 0 amide bonds. The number of ketones is 1. The van der Waals surface area contributed by atoms with E-state index in [1.165, 1.54) is 10.8 Å². The third kappa shape index (κ3) is 8.63. The van der Waals surface area contributed by atoms with Gasteiger partial charge in [0.25, 0.3) is 0 Å². The molecule has 4 rings (SSSR count). The highest BCUT2D eigenvalue weighted by Gasteiger charge is 2.18. The second kappa shape index (κ2) is 14.8. The molecule has 0 saturated carbocycles. The van der Waals surface area contributed by atoms with Crippen LogP contribution in [0.2, 0.25) is 10.0 Å². The summed E-state index contributed by atoms with van der Waals surface area (Å²) in [7, 11) is 0. The van der Waals surface area contributed by atoms with Gasteiger partial charge < -0.3 is 24.3 Å². The molecule has 0 atom stereocenters. The second-order valence-corrected chi connectivity index (χ2v) is 10.8. The number of ether oxygens (including phenoxy) is 2. The Balaban J connectivity index is 1.36. The number of hydrogen-bond acceptors (Lipinski definition) is 5. The lowest BCUT2D eigenvalue weighted by Crippen LogP contribution is -2.08. The number of benzene rings is 3. The predicted molar refractivity (Wildman–Crippen MR) is 168 cm³/mol. The van der Waals surface area contributed by atoms with Crippen molar-refractivity contribution in [2.45, 2.75) is 39.2 Å². The van der Waals surface area contributed by atoms with Crippen molar-refractivity contribution in [3.8, 4) is 11.5 Å². The van der Waals surface area contributed by atoms with Crippen molar-refractivity contribution >= 4 is 64.0 Å². The molecule has 10 heteroatoms. The average Bonchev–Trinajstić information content (AvgIpc) is 3.32. The number of carbonyl (C=O) groups excluding carboxylic acids is 1. The fraction of sp³-hybridized carbons (Fsp3) is 0.242. The number of carbonyl (C=O) groups is 3. The Labute approximate surface area is 259 Å².